The van der Waals surface area contributed by atoms with E-state index in [-0.39, 0.29) is 18.0 Å². The van der Waals surface area contributed by atoms with Crippen LogP contribution < -0.4 is 5.32 Å². The summed E-state index contributed by atoms with van der Waals surface area (Å²) in [5, 5.41) is 4.46. The summed E-state index contributed by atoms with van der Waals surface area (Å²) >= 11 is 1.71. The molecule has 0 spiro atoms. The van der Waals surface area contributed by atoms with Crippen LogP contribution in [-0.4, -0.2) is 34.4 Å². The van der Waals surface area contributed by atoms with Crippen LogP contribution in [0.15, 0.2) is 0 Å². The summed E-state index contributed by atoms with van der Waals surface area (Å²) in [6.45, 7) is 11.2. The first-order chi connectivity index (χ1) is 9.40. The third-order valence-electron chi connectivity index (χ3n) is 3.79. The van der Waals surface area contributed by atoms with Gasteiger partial charge < -0.3 is 10.2 Å². The topological polar surface area (TPSA) is 45.2 Å². The van der Waals surface area contributed by atoms with Crippen molar-refractivity contribution in [3.8, 4) is 0 Å². The van der Waals surface area contributed by atoms with E-state index in [1.54, 1.807) is 11.3 Å². The van der Waals surface area contributed by atoms with Gasteiger partial charge in [-0.05, 0) is 33.6 Å². The summed E-state index contributed by atoms with van der Waals surface area (Å²) in [6, 6.07) is 0.442. The van der Waals surface area contributed by atoms with Crippen molar-refractivity contribution in [3.05, 3.63) is 15.6 Å². The Hall–Kier alpha value is -0.940. The van der Waals surface area contributed by atoms with Gasteiger partial charge in [-0.1, -0.05) is 13.8 Å². The highest BCUT2D eigenvalue weighted by molar-refractivity contribution is 7.11. The fourth-order valence-electron chi connectivity index (χ4n) is 2.92. The Kier molecular flexibility index (Phi) is 4.81. The van der Waals surface area contributed by atoms with Gasteiger partial charge in [0.25, 0.3) is 0 Å². The number of thiazole rings is 1. The average molecular weight is 295 g/mol. The maximum Gasteiger partial charge on any atom is 0.240 e. The van der Waals surface area contributed by atoms with Crippen LogP contribution in [-0.2, 0) is 4.79 Å². The summed E-state index contributed by atoms with van der Waals surface area (Å²) in [5.41, 5.74) is 1.06. The van der Waals surface area contributed by atoms with E-state index in [0.29, 0.717) is 6.04 Å². The van der Waals surface area contributed by atoms with E-state index < -0.39 is 0 Å². The van der Waals surface area contributed by atoms with Gasteiger partial charge in [0.15, 0.2) is 0 Å². The van der Waals surface area contributed by atoms with Crippen LogP contribution in [0.3, 0.4) is 0 Å². The van der Waals surface area contributed by atoms with E-state index in [2.05, 4.69) is 31.1 Å². The molecule has 1 saturated heterocycles. The monoisotopic (exact) mass is 295 g/mol. The Balaban J connectivity index is 2.15. The minimum absolute atomic E-state index is 0.0273. The molecule has 5 heteroatoms. The van der Waals surface area contributed by atoms with Crippen molar-refractivity contribution in [2.75, 3.05) is 6.54 Å². The van der Waals surface area contributed by atoms with Crippen molar-refractivity contribution in [1.29, 1.82) is 0 Å². The minimum atomic E-state index is -0.0273. The number of rotatable bonds is 4. The van der Waals surface area contributed by atoms with E-state index in [1.165, 1.54) is 4.88 Å². The quantitative estimate of drug-likeness (QED) is 0.929. The zero-order chi connectivity index (χ0) is 14.9. The van der Waals surface area contributed by atoms with Gasteiger partial charge in [-0.25, -0.2) is 4.98 Å². The number of carbonyl (C=O) groups is 1. The van der Waals surface area contributed by atoms with Crippen molar-refractivity contribution < 1.29 is 4.79 Å². The number of likely N-dealkylation sites (tertiary alicyclic amines) is 1. The molecule has 2 heterocycles. The van der Waals surface area contributed by atoms with Gasteiger partial charge in [0.2, 0.25) is 5.91 Å². The second kappa shape index (κ2) is 6.22. The number of aryl methyl sites for hydroxylation is 2. The van der Waals surface area contributed by atoms with Crippen molar-refractivity contribution >= 4 is 17.2 Å². The van der Waals surface area contributed by atoms with E-state index in [1.807, 2.05) is 18.7 Å². The van der Waals surface area contributed by atoms with Gasteiger partial charge >= 0.3 is 0 Å². The molecule has 1 aromatic heterocycles. The molecule has 1 aliphatic rings. The molecule has 1 aliphatic heterocycles. The van der Waals surface area contributed by atoms with Crippen LogP contribution in [0.25, 0.3) is 0 Å². The van der Waals surface area contributed by atoms with Crippen molar-refractivity contribution in [2.45, 2.75) is 65.6 Å². The first-order valence-corrected chi connectivity index (χ1v) is 8.22. The molecule has 0 aliphatic carbocycles. The van der Waals surface area contributed by atoms with Gasteiger partial charge in [0.05, 0.1) is 22.8 Å². The zero-order valence-electron chi connectivity index (χ0n) is 13.1. The molecular formula is C15H25N3OS. The molecule has 0 radical (unpaired) electrons. The number of carbonyl (C=O) groups excluding carboxylic acids is 1. The molecule has 20 heavy (non-hydrogen) atoms. The lowest BCUT2D eigenvalue weighted by Crippen LogP contribution is -2.52. The molecule has 2 rings (SSSR count). The van der Waals surface area contributed by atoms with Crippen molar-refractivity contribution in [3.63, 3.8) is 0 Å². The first kappa shape index (κ1) is 15.4. The molecule has 112 valence electrons. The lowest BCUT2D eigenvalue weighted by atomic mass is 10.0. The Bertz CT molecular complexity index is 483. The summed E-state index contributed by atoms with van der Waals surface area (Å²) in [4.78, 5) is 20.4. The number of aromatic nitrogens is 1. The van der Waals surface area contributed by atoms with E-state index in [0.717, 1.165) is 30.1 Å². The van der Waals surface area contributed by atoms with Gasteiger partial charge in [0.1, 0.15) is 0 Å². The minimum Gasteiger partial charge on any atom is -0.334 e. The normalized spacial score (nSPS) is 21.6. The standard InChI is InChI=1S/C15H25N3OS/c1-9(2)16-13-7-6-8-18(15(13)19)11(4)14-10(3)17-12(5)20-14/h9,11,13,16H,6-8H2,1-5H3. The third kappa shape index (κ3) is 3.20. The molecular weight excluding hydrogens is 270 g/mol. The van der Waals surface area contributed by atoms with Crippen LogP contribution in [0.5, 0.6) is 0 Å². The fourth-order valence-corrected chi connectivity index (χ4v) is 3.91. The number of piperidine rings is 1. The molecule has 1 amide bonds. The molecule has 2 unspecified atom stereocenters. The molecule has 0 saturated carbocycles. The third-order valence-corrected chi connectivity index (χ3v) is 5.04. The van der Waals surface area contributed by atoms with Gasteiger partial charge in [-0.15, -0.1) is 11.3 Å². The number of hydrogen-bond donors (Lipinski definition) is 1. The first-order valence-electron chi connectivity index (χ1n) is 7.40. The van der Waals surface area contributed by atoms with Crippen molar-refractivity contribution in [1.82, 2.24) is 15.2 Å². The van der Waals surface area contributed by atoms with Crippen LogP contribution >= 0.6 is 11.3 Å². The number of amides is 1. The number of nitrogens with zero attached hydrogens (tertiary/aromatic N) is 2. The lowest BCUT2D eigenvalue weighted by molar-refractivity contribution is -0.138. The Labute approximate surface area is 125 Å². The predicted molar refractivity (Wildman–Crippen MR) is 83.0 cm³/mol. The highest BCUT2D eigenvalue weighted by Gasteiger charge is 2.33. The van der Waals surface area contributed by atoms with Crippen LogP contribution in [0.1, 0.15) is 55.2 Å². The molecule has 4 nitrogen and oxygen atoms in total. The Morgan fingerprint density at radius 3 is 2.60 bits per heavy atom. The molecule has 2 atom stereocenters. The summed E-state index contributed by atoms with van der Waals surface area (Å²) in [5.74, 6) is 0.239. The Morgan fingerprint density at radius 1 is 1.35 bits per heavy atom. The second-order valence-electron chi connectivity index (χ2n) is 5.91. The maximum absolute atomic E-state index is 12.6. The summed E-state index contributed by atoms with van der Waals surface area (Å²) in [7, 11) is 0. The van der Waals surface area contributed by atoms with Crippen LogP contribution in [0.4, 0.5) is 0 Å². The lowest BCUT2D eigenvalue weighted by Gasteiger charge is -2.37. The Morgan fingerprint density at radius 2 is 2.05 bits per heavy atom. The smallest absolute Gasteiger partial charge is 0.240 e. The second-order valence-corrected chi connectivity index (χ2v) is 7.14. The zero-order valence-corrected chi connectivity index (χ0v) is 13.9. The van der Waals surface area contributed by atoms with E-state index >= 15 is 0 Å². The molecule has 0 bridgehead atoms. The van der Waals surface area contributed by atoms with Gasteiger partial charge in [-0.3, -0.25) is 4.79 Å². The maximum atomic E-state index is 12.6. The number of nitrogens with one attached hydrogen (secondary N) is 1. The summed E-state index contributed by atoms with van der Waals surface area (Å²) in [6.07, 6.45) is 2.01. The number of hydrogen-bond acceptors (Lipinski definition) is 4. The SMILES string of the molecule is Cc1nc(C)c(C(C)N2CCCC(NC(C)C)C2=O)s1. The fraction of sp³-hybridized carbons (Fsp3) is 0.733. The molecule has 0 aromatic carbocycles. The molecule has 1 aromatic rings. The largest absolute Gasteiger partial charge is 0.334 e. The highest BCUT2D eigenvalue weighted by Crippen LogP contribution is 2.31. The van der Waals surface area contributed by atoms with E-state index in [4.69, 9.17) is 0 Å². The van der Waals surface area contributed by atoms with Crippen molar-refractivity contribution in [2.24, 2.45) is 0 Å². The molecule has 1 fully saturated rings. The average Bonchev–Trinajstić information content (AvgIpc) is 2.70. The predicted octanol–water partition coefficient (Wildman–Crippen LogP) is 2.81. The molecule has 1 N–H and O–H groups in total. The van der Waals surface area contributed by atoms with Gasteiger partial charge in [-0.2, -0.15) is 0 Å². The van der Waals surface area contributed by atoms with Gasteiger partial charge in [0, 0.05) is 17.5 Å². The van der Waals surface area contributed by atoms with Crippen LogP contribution in [0, 0.1) is 13.8 Å². The van der Waals surface area contributed by atoms with Crippen LogP contribution in [0.2, 0.25) is 0 Å². The highest BCUT2D eigenvalue weighted by atomic mass is 32.1. The van der Waals surface area contributed by atoms with E-state index in [9.17, 15) is 4.79 Å². The summed E-state index contributed by atoms with van der Waals surface area (Å²) < 4.78 is 0.